The van der Waals surface area contributed by atoms with E-state index in [9.17, 15) is 9.59 Å². The molecule has 1 saturated heterocycles. The van der Waals surface area contributed by atoms with Crippen LogP contribution in [0.3, 0.4) is 0 Å². The summed E-state index contributed by atoms with van der Waals surface area (Å²) in [5.74, 6) is 0.496. The van der Waals surface area contributed by atoms with E-state index in [1.165, 1.54) is 4.90 Å². The predicted octanol–water partition coefficient (Wildman–Crippen LogP) is 1.35. The Balaban J connectivity index is 1.84. The van der Waals surface area contributed by atoms with Crippen LogP contribution in [0.25, 0.3) is 0 Å². The quantitative estimate of drug-likeness (QED) is 0.803. The van der Waals surface area contributed by atoms with Gasteiger partial charge in [0.25, 0.3) is 0 Å². The van der Waals surface area contributed by atoms with E-state index in [1.807, 2.05) is 24.3 Å². The summed E-state index contributed by atoms with van der Waals surface area (Å²) in [4.78, 5) is 25.1. The monoisotopic (exact) mass is 290 g/mol. The molecule has 0 aromatic heterocycles. The molecule has 0 saturated carbocycles. The summed E-state index contributed by atoms with van der Waals surface area (Å²) < 4.78 is 5.59. The molecule has 5 nitrogen and oxygen atoms in total. The lowest BCUT2D eigenvalue weighted by Gasteiger charge is -2.18. The second-order valence-corrected chi connectivity index (χ2v) is 5.94. The van der Waals surface area contributed by atoms with E-state index in [2.05, 4.69) is 0 Å². The summed E-state index contributed by atoms with van der Waals surface area (Å²) in [6.07, 6.45) is 1.12. The van der Waals surface area contributed by atoms with E-state index < -0.39 is 5.41 Å². The van der Waals surface area contributed by atoms with Crippen molar-refractivity contribution in [2.75, 3.05) is 19.7 Å². The minimum absolute atomic E-state index is 0.116. The van der Waals surface area contributed by atoms with Gasteiger partial charge in [0.15, 0.2) is 0 Å². The first-order valence-electron chi connectivity index (χ1n) is 7.20. The molecule has 1 fully saturated rings. The van der Waals surface area contributed by atoms with E-state index in [0.29, 0.717) is 19.7 Å². The van der Waals surface area contributed by atoms with Gasteiger partial charge < -0.3 is 10.5 Å². The van der Waals surface area contributed by atoms with E-state index in [1.54, 1.807) is 13.8 Å². The average Bonchev–Trinajstić information content (AvgIpc) is 2.63. The summed E-state index contributed by atoms with van der Waals surface area (Å²) in [5, 5.41) is 0. The zero-order chi connectivity index (χ0) is 15.5. The van der Waals surface area contributed by atoms with Gasteiger partial charge in [-0.05, 0) is 30.7 Å². The van der Waals surface area contributed by atoms with Gasteiger partial charge in [-0.15, -0.1) is 0 Å². The molecule has 1 heterocycles. The Hall–Kier alpha value is -1.88. The summed E-state index contributed by atoms with van der Waals surface area (Å²) in [6, 6.07) is 7.69. The molecule has 0 aliphatic carbocycles. The molecule has 21 heavy (non-hydrogen) atoms. The lowest BCUT2D eigenvalue weighted by Crippen LogP contribution is -2.36. The molecule has 0 spiro atoms. The van der Waals surface area contributed by atoms with Gasteiger partial charge in [-0.3, -0.25) is 14.5 Å². The smallest absolute Gasteiger partial charge is 0.235 e. The Kier molecular flexibility index (Phi) is 4.63. The number of rotatable bonds is 6. The van der Waals surface area contributed by atoms with E-state index >= 15 is 0 Å². The van der Waals surface area contributed by atoms with Crippen LogP contribution in [0.2, 0.25) is 0 Å². The third-order valence-electron chi connectivity index (χ3n) is 3.66. The Labute approximate surface area is 125 Å². The van der Waals surface area contributed by atoms with Crippen molar-refractivity contribution in [1.82, 2.24) is 4.90 Å². The minimum atomic E-state index is -0.582. The number of hydrogen-bond acceptors (Lipinski definition) is 4. The second-order valence-electron chi connectivity index (χ2n) is 5.94. The summed E-state index contributed by atoms with van der Waals surface area (Å²) in [5.41, 5.74) is 6.08. The fraction of sp³-hybridized carbons (Fsp3) is 0.500. The molecule has 1 aliphatic heterocycles. The molecular formula is C16H22N2O3. The number of carbonyl (C=O) groups excluding carboxylic acids is 2. The van der Waals surface area contributed by atoms with Gasteiger partial charge in [0.1, 0.15) is 12.4 Å². The Bertz CT molecular complexity index is 523. The summed E-state index contributed by atoms with van der Waals surface area (Å²) >= 11 is 0. The molecule has 2 rings (SSSR count). The highest BCUT2D eigenvalue weighted by Crippen LogP contribution is 2.31. The Morgan fingerprint density at radius 2 is 1.90 bits per heavy atom. The van der Waals surface area contributed by atoms with Crippen LogP contribution >= 0.6 is 0 Å². The molecule has 114 valence electrons. The van der Waals surface area contributed by atoms with Crippen LogP contribution < -0.4 is 10.5 Å². The van der Waals surface area contributed by atoms with Gasteiger partial charge in [0.2, 0.25) is 11.8 Å². The first-order valence-corrected chi connectivity index (χ1v) is 7.20. The third-order valence-corrected chi connectivity index (χ3v) is 3.66. The van der Waals surface area contributed by atoms with Crippen LogP contribution in [-0.2, 0) is 16.0 Å². The first kappa shape index (κ1) is 15.5. The summed E-state index contributed by atoms with van der Waals surface area (Å²) in [6.45, 7) is 4.82. The van der Waals surface area contributed by atoms with Gasteiger partial charge in [0, 0.05) is 6.42 Å². The lowest BCUT2D eigenvalue weighted by atomic mass is 9.92. The Morgan fingerprint density at radius 3 is 2.43 bits per heavy atom. The fourth-order valence-electron chi connectivity index (χ4n) is 2.43. The lowest BCUT2D eigenvalue weighted by molar-refractivity contribution is -0.141. The van der Waals surface area contributed by atoms with Gasteiger partial charge in [-0.2, -0.15) is 0 Å². The molecule has 1 aromatic rings. The van der Waals surface area contributed by atoms with Crippen molar-refractivity contribution in [3.8, 4) is 5.75 Å². The zero-order valence-electron chi connectivity index (χ0n) is 12.6. The third kappa shape index (κ3) is 3.61. The van der Waals surface area contributed by atoms with Crippen molar-refractivity contribution >= 4 is 11.8 Å². The van der Waals surface area contributed by atoms with Gasteiger partial charge in [-0.25, -0.2) is 0 Å². The average molecular weight is 290 g/mol. The highest BCUT2D eigenvalue weighted by molar-refractivity contribution is 6.05. The molecule has 1 aromatic carbocycles. The highest BCUT2D eigenvalue weighted by atomic mass is 16.5. The van der Waals surface area contributed by atoms with Gasteiger partial charge in [-0.1, -0.05) is 26.0 Å². The number of hydrogen-bond donors (Lipinski definition) is 1. The first-order chi connectivity index (χ1) is 9.94. The minimum Gasteiger partial charge on any atom is -0.492 e. The number of benzene rings is 1. The molecule has 0 radical (unpaired) electrons. The number of carbonyl (C=O) groups is 2. The maximum absolute atomic E-state index is 12.0. The van der Waals surface area contributed by atoms with Gasteiger partial charge in [0.05, 0.1) is 12.0 Å². The van der Waals surface area contributed by atoms with Crippen LogP contribution in [0.5, 0.6) is 5.75 Å². The van der Waals surface area contributed by atoms with E-state index in [4.69, 9.17) is 10.5 Å². The molecule has 1 aliphatic rings. The SMILES string of the molecule is CC1(C)CC(=O)N(CCOc2ccc(CCN)cc2)C1=O. The van der Waals surface area contributed by atoms with Crippen LogP contribution in [0.4, 0.5) is 0 Å². The normalized spacial score (nSPS) is 17.4. The maximum atomic E-state index is 12.0. The topological polar surface area (TPSA) is 72.6 Å². The molecule has 2 N–H and O–H groups in total. The number of amides is 2. The summed E-state index contributed by atoms with van der Waals surface area (Å²) in [7, 11) is 0. The standard InChI is InChI=1S/C16H22N2O3/c1-16(2)11-14(19)18(15(16)20)9-10-21-13-5-3-12(4-6-13)7-8-17/h3-6H,7-11,17H2,1-2H3. The van der Waals surface area contributed by atoms with Crippen LogP contribution in [0.15, 0.2) is 24.3 Å². The van der Waals surface area contributed by atoms with Crippen LogP contribution in [0.1, 0.15) is 25.8 Å². The van der Waals surface area contributed by atoms with Crippen LogP contribution in [-0.4, -0.2) is 36.4 Å². The predicted molar refractivity (Wildman–Crippen MR) is 79.8 cm³/mol. The molecule has 0 atom stereocenters. The van der Waals surface area contributed by atoms with Gasteiger partial charge >= 0.3 is 0 Å². The molecule has 0 unspecified atom stereocenters. The number of nitrogens with zero attached hydrogens (tertiary/aromatic N) is 1. The number of ether oxygens (including phenoxy) is 1. The van der Waals surface area contributed by atoms with E-state index in [-0.39, 0.29) is 18.2 Å². The largest absolute Gasteiger partial charge is 0.492 e. The van der Waals surface area contributed by atoms with Crippen molar-refractivity contribution in [1.29, 1.82) is 0 Å². The number of nitrogens with two attached hydrogens (primary N) is 1. The second kappa shape index (κ2) is 6.26. The molecule has 0 bridgehead atoms. The van der Waals surface area contributed by atoms with Crippen molar-refractivity contribution in [2.24, 2.45) is 11.1 Å². The number of imide groups is 1. The molecular weight excluding hydrogens is 268 g/mol. The maximum Gasteiger partial charge on any atom is 0.235 e. The number of likely N-dealkylation sites (tertiary alicyclic amines) is 1. The molecule has 2 amide bonds. The van der Waals surface area contributed by atoms with Crippen molar-refractivity contribution in [3.63, 3.8) is 0 Å². The van der Waals surface area contributed by atoms with Crippen molar-refractivity contribution < 1.29 is 14.3 Å². The van der Waals surface area contributed by atoms with Crippen LogP contribution in [0, 0.1) is 5.41 Å². The Morgan fingerprint density at radius 1 is 1.24 bits per heavy atom. The highest BCUT2D eigenvalue weighted by Gasteiger charge is 2.44. The van der Waals surface area contributed by atoms with Crippen molar-refractivity contribution in [2.45, 2.75) is 26.7 Å². The zero-order valence-corrected chi connectivity index (χ0v) is 12.6. The van der Waals surface area contributed by atoms with E-state index in [0.717, 1.165) is 17.7 Å². The fourth-order valence-corrected chi connectivity index (χ4v) is 2.43. The molecule has 5 heteroatoms. The van der Waals surface area contributed by atoms with Crippen molar-refractivity contribution in [3.05, 3.63) is 29.8 Å².